The van der Waals surface area contributed by atoms with Crippen LogP contribution in [0.15, 0.2) is 54.7 Å². The number of benzene rings is 2. The summed E-state index contributed by atoms with van der Waals surface area (Å²) in [7, 11) is 0. The van der Waals surface area contributed by atoms with Crippen molar-refractivity contribution < 1.29 is 4.92 Å². The lowest BCUT2D eigenvalue weighted by Crippen LogP contribution is -2.15. The first-order chi connectivity index (χ1) is 15.4. The van der Waals surface area contributed by atoms with E-state index >= 15 is 0 Å². The number of aryl methyl sites for hydroxylation is 1. The van der Waals surface area contributed by atoms with E-state index in [9.17, 15) is 10.1 Å². The number of halogens is 2. The Morgan fingerprint density at radius 3 is 2.62 bits per heavy atom. The topological polar surface area (TPSA) is 90.0 Å². The largest absolute Gasteiger partial charge is 0.324 e. The summed E-state index contributed by atoms with van der Waals surface area (Å²) >= 11 is 12.5. The first-order valence-corrected chi connectivity index (χ1v) is 10.6. The molecular formula is C22H16Cl2N6O2. The van der Waals surface area contributed by atoms with E-state index in [1.54, 1.807) is 47.3 Å². The minimum absolute atomic E-state index is 0.00500. The van der Waals surface area contributed by atoms with Crippen molar-refractivity contribution >= 4 is 40.4 Å². The van der Waals surface area contributed by atoms with Crippen LogP contribution in [0.2, 0.25) is 10.0 Å². The van der Waals surface area contributed by atoms with Crippen LogP contribution in [-0.2, 0) is 6.42 Å². The Morgan fingerprint density at radius 2 is 1.84 bits per heavy atom. The van der Waals surface area contributed by atoms with Crippen molar-refractivity contribution in [3.63, 3.8) is 0 Å². The van der Waals surface area contributed by atoms with E-state index in [2.05, 4.69) is 15.1 Å². The predicted octanol–water partition coefficient (Wildman–Crippen LogP) is 5.55. The molecule has 0 unspecified atom stereocenters. The third-order valence-corrected chi connectivity index (χ3v) is 5.84. The highest BCUT2D eigenvalue weighted by atomic mass is 35.5. The lowest BCUT2D eigenvalue weighted by atomic mass is 10.1. The Hall–Kier alpha value is -3.49. The van der Waals surface area contributed by atoms with Crippen molar-refractivity contribution in [2.24, 2.45) is 0 Å². The summed E-state index contributed by atoms with van der Waals surface area (Å²) < 4.78 is 1.65. The van der Waals surface area contributed by atoms with Crippen LogP contribution >= 0.6 is 23.2 Å². The molecular weight excluding hydrogens is 451 g/mol. The molecule has 0 atom stereocenters. The second-order valence-corrected chi connectivity index (χ2v) is 8.16. The van der Waals surface area contributed by atoms with E-state index in [4.69, 9.17) is 23.2 Å². The molecule has 0 bridgehead atoms. The molecule has 0 N–H and O–H groups in total. The van der Waals surface area contributed by atoms with Crippen LogP contribution in [0.3, 0.4) is 0 Å². The third kappa shape index (κ3) is 3.47. The van der Waals surface area contributed by atoms with Crippen LogP contribution in [0.25, 0.3) is 17.1 Å². The van der Waals surface area contributed by atoms with Gasteiger partial charge in [0, 0.05) is 29.4 Å². The van der Waals surface area contributed by atoms with Gasteiger partial charge >= 0.3 is 0 Å². The molecule has 0 spiro atoms. The molecule has 160 valence electrons. The third-order valence-electron chi connectivity index (χ3n) is 5.30. The number of fused-ring (bicyclic) bond motifs is 1. The zero-order valence-electron chi connectivity index (χ0n) is 16.9. The molecule has 5 rings (SSSR count). The fourth-order valence-corrected chi connectivity index (χ4v) is 4.41. The fourth-order valence-electron chi connectivity index (χ4n) is 3.90. The average molecular weight is 467 g/mol. The van der Waals surface area contributed by atoms with E-state index in [0.29, 0.717) is 45.9 Å². The number of nitro groups is 1. The van der Waals surface area contributed by atoms with Crippen LogP contribution in [0.4, 0.5) is 17.2 Å². The Labute approximate surface area is 193 Å². The molecule has 8 nitrogen and oxygen atoms in total. The van der Waals surface area contributed by atoms with Gasteiger partial charge in [-0.05, 0) is 43.7 Å². The second-order valence-electron chi connectivity index (χ2n) is 7.31. The van der Waals surface area contributed by atoms with Gasteiger partial charge in [-0.15, -0.1) is 0 Å². The zero-order valence-corrected chi connectivity index (χ0v) is 18.4. The number of nitrogens with zero attached hydrogens (tertiary/aromatic N) is 6. The molecule has 0 fully saturated rings. The van der Waals surface area contributed by atoms with Gasteiger partial charge in [0.2, 0.25) is 0 Å². The van der Waals surface area contributed by atoms with Gasteiger partial charge in [-0.2, -0.15) is 5.10 Å². The SMILES string of the molecule is Cc1nc2c(c(-n3ccc(-c4ccccc4[N+](=O)[O-])n3)n1)CCN2c1ccc(Cl)cc1Cl. The van der Waals surface area contributed by atoms with Gasteiger partial charge in [-0.3, -0.25) is 10.1 Å². The highest BCUT2D eigenvalue weighted by molar-refractivity contribution is 6.36. The van der Waals surface area contributed by atoms with E-state index in [0.717, 1.165) is 17.1 Å². The monoisotopic (exact) mass is 466 g/mol. The molecule has 0 aliphatic carbocycles. The summed E-state index contributed by atoms with van der Waals surface area (Å²) in [6.45, 7) is 2.50. The van der Waals surface area contributed by atoms with Crippen LogP contribution in [0.1, 0.15) is 11.4 Å². The molecule has 1 aliphatic rings. The highest BCUT2D eigenvalue weighted by Gasteiger charge is 2.29. The molecule has 10 heteroatoms. The predicted molar refractivity (Wildman–Crippen MR) is 123 cm³/mol. The van der Waals surface area contributed by atoms with Gasteiger partial charge in [0.05, 0.1) is 26.9 Å². The van der Waals surface area contributed by atoms with Crippen molar-refractivity contribution in [3.8, 4) is 17.1 Å². The maximum Gasteiger partial charge on any atom is 0.278 e. The lowest BCUT2D eigenvalue weighted by Gasteiger charge is -2.20. The zero-order chi connectivity index (χ0) is 22.4. The molecule has 32 heavy (non-hydrogen) atoms. The van der Waals surface area contributed by atoms with Crippen molar-refractivity contribution in [2.75, 3.05) is 11.4 Å². The molecule has 3 heterocycles. The molecule has 4 aromatic rings. The summed E-state index contributed by atoms with van der Waals surface area (Å²) in [4.78, 5) is 22.3. The van der Waals surface area contributed by atoms with Crippen LogP contribution in [0, 0.1) is 17.0 Å². The molecule has 0 saturated carbocycles. The first-order valence-electron chi connectivity index (χ1n) is 9.82. The normalized spacial score (nSPS) is 12.8. The number of nitro benzene ring substituents is 1. The second kappa shape index (κ2) is 7.89. The Morgan fingerprint density at radius 1 is 1.06 bits per heavy atom. The number of hydrogen-bond acceptors (Lipinski definition) is 6. The minimum Gasteiger partial charge on any atom is -0.324 e. The van der Waals surface area contributed by atoms with E-state index in [1.165, 1.54) is 6.07 Å². The summed E-state index contributed by atoms with van der Waals surface area (Å²) in [5, 5.41) is 17.1. The van der Waals surface area contributed by atoms with Gasteiger partial charge in [-0.25, -0.2) is 14.6 Å². The molecule has 2 aromatic heterocycles. The number of rotatable bonds is 4. The molecule has 0 radical (unpaired) electrons. The number of hydrogen-bond donors (Lipinski definition) is 0. The van der Waals surface area contributed by atoms with Crippen molar-refractivity contribution in [1.82, 2.24) is 19.7 Å². The van der Waals surface area contributed by atoms with Crippen LogP contribution in [0.5, 0.6) is 0 Å². The van der Waals surface area contributed by atoms with Crippen molar-refractivity contribution in [3.05, 3.63) is 86.3 Å². The quantitative estimate of drug-likeness (QED) is 0.289. The smallest absolute Gasteiger partial charge is 0.278 e. The van der Waals surface area contributed by atoms with Gasteiger partial charge in [0.15, 0.2) is 5.82 Å². The Kier molecular flexibility index (Phi) is 5.03. The molecule has 2 aromatic carbocycles. The Balaban J connectivity index is 1.59. The first kappa shape index (κ1) is 20.4. The summed E-state index contributed by atoms with van der Waals surface area (Å²) in [6.07, 6.45) is 2.45. The summed E-state index contributed by atoms with van der Waals surface area (Å²) in [5.41, 5.74) is 2.70. The van der Waals surface area contributed by atoms with Crippen LogP contribution < -0.4 is 4.90 Å². The standard InChI is InChI=1S/C22H16Cl2N6O2/c1-13-25-21-16(8-10-28(21)20-7-6-14(23)12-17(20)24)22(26-13)29-11-9-18(27-29)15-4-2-3-5-19(15)30(31)32/h2-7,9,11-12H,8,10H2,1H3. The van der Waals surface area contributed by atoms with Gasteiger partial charge < -0.3 is 4.90 Å². The van der Waals surface area contributed by atoms with E-state index in [-0.39, 0.29) is 5.69 Å². The summed E-state index contributed by atoms with van der Waals surface area (Å²) in [5.74, 6) is 1.99. The number of para-hydroxylation sites is 1. The van der Waals surface area contributed by atoms with Gasteiger partial charge in [0.1, 0.15) is 11.6 Å². The van der Waals surface area contributed by atoms with E-state index < -0.39 is 4.92 Å². The maximum absolute atomic E-state index is 11.4. The van der Waals surface area contributed by atoms with Crippen molar-refractivity contribution in [1.29, 1.82) is 0 Å². The van der Waals surface area contributed by atoms with Crippen molar-refractivity contribution in [2.45, 2.75) is 13.3 Å². The van der Waals surface area contributed by atoms with Crippen LogP contribution in [-0.4, -0.2) is 31.2 Å². The summed E-state index contributed by atoms with van der Waals surface area (Å²) in [6, 6.07) is 13.7. The fraction of sp³-hybridized carbons (Fsp3) is 0.136. The number of anilines is 2. The van der Waals surface area contributed by atoms with E-state index in [1.807, 2.05) is 17.9 Å². The van der Waals surface area contributed by atoms with Gasteiger partial charge in [-0.1, -0.05) is 35.3 Å². The average Bonchev–Trinajstić information content (AvgIpc) is 3.41. The van der Waals surface area contributed by atoms with Gasteiger partial charge in [0.25, 0.3) is 5.69 Å². The molecule has 1 aliphatic heterocycles. The lowest BCUT2D eigenvalue weighted by molar-refractivity contribution is -0.384. The Bertz CT molecular complexity index is 1370. The number of aromatic nitrogens is 4. The minimum atomic E-state index is -0.408. The molecule has 0 saturated heterocycles. The maximum atomic E-state index is 11.4. The molecule has 0 amide bonds. The highest BCUT2D eigenvalue weighted by Crippen LogP contribution is 2.39.